The van der Waals surface area contributed by atoms with E-state index in [1.54, 1.807) is 47.4 Å². The summed E-state index contributed by atoms with van der Waals surface area (Å²) in [4.78, 5) is 38.6. The fourth-order valence-corrected chi connectivity index (χ4v) is 4.58. The summed E-state index contributed by atoms with van der Waals surface area (Å²) in [6.07, 6.45) is 4.51. The molecule has 2 aromatic carbocycles. The van der Waals surface area contributed by atoms with Crippen LogP contribution < -0.4 is 4.74 Å². The van der Waals surface area contributed by atoms with Gasteiger partial charge < -0.3 is 14.4 Å². The van der Waals surface area contributed by atoms with Gasteiger partial charge in [-0.2, -0.15) is 0 Å². The number of amides is 1. The summed E-state index contributed by atoms with van der Waals surface area (Å²) < 4.78 is 10.9. The van der Waals surface area contributed by atoms with Gasteiger partial charge in [0.05, 0.1) is 29.7 Å². The molecule has 0 aliphatic carbocycles. The topological polar surface area (TPSA) is 72.9 Å². The van der Waals surface area contributed by atoms with E-state index in [4.69, 9.17) is 27.9 Å². The molecule has 4 rings (SSSR count). The second-order valence-corrected chi connectivity index (χ2v) is 8.77. The van der Waals surface area contributed by atoms with Crippen molar-refractivity contribution in [1.29, 1.82) is 0 Å². The summed E-state index contributed by atoms with van der Waals surface area (Å²) in [6, 6.07) is 9.93. The molecule has 1 spiro atoms. The van der Waals surface area contributed by atoms with Gasteiger partial charge in [-0.3, -0.25) is 9.59 Å². The Labute approximate surface area is 195 Å². The lowest BCUT2D eigenvalue weighted by Gasteiger charge is -2.44. The van der Waals surface area contributed by atoms with Crippen LogP contribution in [0.5, 0.6) is 5.75 Å². The smallest absolute Gasteiger partial charge is 0.337 e. The lowest BCUT2D eigenvalue weighted by atomic mass is 9.82. The highest BCUT2D eigenvalue weighted by molar-refractivity contribution is 6.36. The molecule has 0 aromatic heterocycles. The van der Waals surface area contributed by atoms with Crippen LogP contribution in [0.4, 0.5) is 0 Å². The first-order valence-electron chi connectivity index (χ1n) is 10.2. The summed E-state index contributed by atoms with van der Waals surface area (Å²) in [6.45, 7) is 0.941. The van der Waals surface area contributed by atoms with E-state index < -0.39 is 11.6 Å². The number of halogens is 2. The molecule has 0 N–H and O–H groups in total. The fraction of sp³-hybridized carbons (Fsp3) is 0.292. The number of fused-ring (bicyclic) bond motifs is 1. The summed E-state index contributed by atoms with van der Waals surface area (Å²) >= 11 is 12.3. The first-order valence-corrected chi connectivity index (χ1v) is 10.9. The van der Waals surface area contributed by atoms with Crippen molar-refractivity contribution in [2.24, 2.45) is 0 Å². The third-order valence-corrected chi connectivity index (χ3v) is 6.35. The number of esters is 1. The van der Waals surface area contributed by atoms with E-state index in [-0.39, 0.29) is 18.1 Å². The molecule has 2 aliphatic heterocycles. The molecule has 2 aromatic rings. The van der Waals surface area contributed by atoms with E-state index in [1.807, 2.05) is 0 Å². The van der Waals surface area contributed by atoms with Gasteiger partial charge >= 0.3 is 5.97 Å². The summed E-state index contributed by atoms with van der Waals surface area (Å²) in [7, 11) is 1.33. The number of piperidine rings is 1. The molecule has 6 nitrogen and oxygen atoms in total. The molecule has 166 valence electrons. The van der Waals surface area contributed by atoms with Crippen LogP contribution in [0.1, 0.15) is 45.5 Å². The average molecular weight is 474 g/mol. The van der Waals surface area contributed by atoms with Crippen molar-refractivity contribution >= 4 is 46.9 Å². The number of rotatable bonds is 3. The minimum absolute atomic E-state index is 0.0503. The highest BCUT2D eigenvalue weighted by atomic mass is 35.5. The lowest BCUT2D eigenvalue weighted by molar-refractivity contribution is -0.129. The first-order chi connectivity index (χ1) is 15.3. The average Bonchev–Trinajstić information content (AvgIpc) is 2.79. The summed E-state index contributed by atoms with van der Waals surface area (Å²) in [5.41, 5.74) is 0.993. The molecule has 8 heteroatoms. The Hall–Kier alpha value is -2.83. The Morgan fingerprint density at radius 2 is 1.81 bits per heavy atom. The molecule has 32 heavy (non-hydrogen) atoms. The number of nitrogens with zero attached hydrogens (tertiary/aromatic N) is 1. The maximum Gasteiger partial charge on any atom is 0.337 e. The van der Waals surface area contributed by atoms with Crippen molar-refractivity contribution in [3.8, 4) is 5.75 Å². The van der Waals surface area contributed by atoms with E-state index in [9.17, 15) is 14.4 Å². The summed E-state index contributed by atoms with van der Waals surface area (Å²) in [5, 5.41) is 0.716. The predicted octanol–water partition coefficient (Wildman–Crippen LogP) is 4.82. The number of hydrogen-bond acceptors (Lipinski definition) is 5. The molecule has 1 saturated heterocycles. The zero-order chi connectivity index (χ0) is 22.9. The molecule has 0 unspecified atom stereocenters. The first kappa shape index (κ1) is 22.4. The molecule has 2 aliphatic rings. The van der Waals surface area contributed by atoms with E-state index >= 15 is 0 Å². The molecule has 0 radical (unpaired) electrons. The Morgan fingerprint density at radius 1 is 1.12 bits per heavy atom. The maximum absolute atomic E-state index is 12.7. The number of ether oxygens (including phenoxy) is 2. The second kappa shape index (κ2) is 8.96. The number of carbonyl (C=O) groups is 3. The Kier molecular flexibility index (Phi) is 6.26. The third-order valence-electron chi connectivity index (χ3n) is 5.85. The van der Waals surface area contributed by atoms with E-state index in [1.165, 1.54) is 13.2 Å². The largest absolute Gasteiger partial charge is 0.484 e. The van der Waals surface area contributed by atoms with Crippen LogP contribution in [0.15, 0.2) is 42.5 Å². The van der Waals surface area contributed by atoms with E-state index in [0.717, 1.165) is 5.56 Å². The van der Waals surface area contributed by atoms with Gasteiger partial charge in [-0.15, -0.1) is 0 Å². The Morgan fingerprint density at radius 3 is 2.47 bits per heavy atom. The van der Waals surface area contributed by atoms with Gasteiger partial charge in [0.1, 0.15) is 11.4 Å². The van der Waals surface area contributed by atoms with Crippen molar-refractivity contribution in [1.82, 2.24) is 4.90 Å². The molecule has 1 fully saturated rings. The third kappa shape index (κ3) is 4.52. The van der Waals surface area contributed by atoms with Gasteiger partial charge in [-0.05, 0) is 35.9 Å². The molecule has 0 bridgehead atoms. The van der Waals surface area contributed by atoms with Crippen molar-refractivity contribution in [3.63, 3.8) is 0 Å². The van der Waals surface area contributed by atoms with Crippen molar-refractivity contribution < 1.29 is 23.9 Å². The monoisotopic (exact) mass is 473 g/mol. The van der Waals surface area contributed by atoms with Gasteiger partial charge in [-0.25, -0.2) is 4.79 Å². The number of carbonyl (C=O) groups excluding carboxylic acids is 3. The van der Waals surface area contributed by atoms with Crippen molar-refractivity contribution in [2.45, 2.75) is 24.9 Å². The lowest BCUT2D eigenvalue weighted by Crippen LogP contribution is -2.52. The van der Waals surface area contributed by atoms with Gasteiger partial charge in [-0.1, -0.05) is 35.3 Å². The number of methoxy groups -OCH3 is 1. The van der Waals surface area contributed by atoms with Gasteiger partial charge in [0.25, 0.3) is 0 Å². The maximum atomic E-state index is 12.7. The summed E-state index contributed by atoms with van der Waals surface area (Å²) in [5.74, 6) is -0.202. The van der Waals surface area contributed by atoms with Crippen LogP contribution in [0.25, 0.3) is 6.08 Å². The number of hydrogen-bond donors (Lipinski definition) is 0. The standard InChI is InChI=1S/C24H21Cl2NO5/c1-31-23(30)16-5-2-15(3-6-16)4-7-21(29)27-10-8-24(9-11-27)14-20(28)18-12-17(25)13-19(26)22(18)32-24/h2-7,12-13H,8-11,14H2,1H3/b7-4+. The quantitative estimate of drug-likeness (QED) is 0.471. The van der Waals surface area contributed by atoms with E-state index in [2.05, 4.69) is 4.74 Å². The zero-order valence-electron chi connectivity index (χ0n) is 17.4. The number of Topliss-reactive ketones (excluding diaryl/α,β-unsaturated/α-hetero) is 1. The fourth-order valence-electron chi connectivity index (χ4n) is 4.05. The molecular weight excluding hydrogens is 453 g/mol. The minimum atomic E-state index is -0.661. The van der Waals surface area contributed by atoms with E-state index in [0.29, 0.717) is 52.9 Å². The number of benzene rings is 2. The normalized spacial score (nSPS) is 17.2. The molecule has 1 amide bonds. The zero-order valence-corrected chi connectivity index (χ0v) is 18.9. The van der Waals surface area contributed by atoms with Crippen molar-refractivity contribution in [2.75, 3.05) is 20.2 Å². The minimum Gasteiger partial charge on any atom is -0.484 e. The Bertz CT molecular complexity index is 1100. The van der Waals surface area contributed by atoms with Crippen LogP contribution in [0.3, 0.4) is 0 Å². The highest BCUT2D eigenvalue weighted by Gasteiger charge is 2.44. The predicted molar refractivity (Wildman–Crippen MR) is 121 cm³/mol. The second-order valence-electron chi connectivity index (χ2n) is 7.92. The molecule has 2 heterocycles. The number of ketones is 1. The van der Waals surface area contributed by atoms with Crippen LogP contribution in [0.2, 0.25) is 10.0 Å². The Balaban J connectivity index is 1.39. The number of likely N-dealkylation sites (tertiary alicyclic amines) is 1. The highest BCUT2D eigenvalue weighted by Crippen LogP contribution is 2.44. The van der Waals surface area contributed by atoms with Crippen LogP contribution in [-0.2, 0) is 9.53 Å². The molecular formula is C24H21Cl2NO5. The molecule has 0 atom stereocenters. The van der Waals surface area contributed by atoms with Gasteiger partial charge in [0.15, 0.2) is 5.78 Å². The van der Waals surface area contributed by atoms with Gasteiger partial charge in [0, 0.05) is 37.0 Å². The molecule has 0 saturated carbocycles. The van der Waals surface area contributed by atoms with Crippen molar-refractivity contribution in [3.05, 3.63) is 69.2 Å². The van der Waals surface area contributed by atoms with Crippen LogP contribution >= 0.6 is 23.2 Å². The SMILES string of the molecule is COC(=O)c1ccc(/C=C/C(=O)N2CCC3(CC2)CC(=O)c2cc(Cl)cc(Cl)c2O3)cc1. The van der Waals surface area contributed by atoms with Crippen LogP contribution in [-0.4, -0.2) is 48.4 Å². The van der Waals surface area contributed by atoms with Crippen LogP contribution in [0, 0.1) is 0 Å². The van der Waals surface area contributed by atoms with Gasteiger partial charge in [0.2, 0.25) is 5.91 Å².